The third-order valence-electron chi connectivity index (χ3n) is 19.3. The van der Waals surface area contributed by atoms with E-state index in [9.17, 15) is 0 Å². The first-order valence-electron chi connectivity index (χ1n) is 34.3. The fourth-order valence-electron chi connectivity index (χ4n) is 13.0. The first kappa shape index (κ1) is 65.3. The predicted octanol–water partition coefficient (Wildman–Crippen LogP) is 22.3. The first-order chi connectivity index (χ1) is 51.7. The van der Waals surface area contributed by atoms with Crippen LogP contribution >= 0.6 is 23.2 Å². The summed E-state index contributed by atoms with van der Waals surface area (Å²) in [6.07, 6.45) is 0. The molecule has 1 aliphatic heterocycles. The molecule has 0 bridgehead atoms. The Hall–Kier alpha value is -12.8. The molecule has 0 aliphatic carbocycles. The van der Waals surface area contributed by atoms with E-state index in [-0.39, 0.29) is 28.9 Å². The summed E-state index contributed by atoms with van der Waals surface area (Å²) in [7, 11) is -0.354. The Bertz CT molecular complexity index is 6240. The van der Waals surface area contributed by atoms with E-state index in [0.29, 0.717) is 41.0 Å². The predicted molar refractivity (Wildman–Crippen MR) is 418 cm³/mol. The number of halogens is 2. The fraction of sp³-hybridized carbons (Fsp3) is 0.0690. The van der Waals surface area contributed by atoms with E-state index in [0.717, 1.165) is 144 Å². The van der Waals surface area contributed by atoms with Crippen LogP contribution in [0.15, 0.2) is 301 Å². The van der Waals surface area contributed by atoms with Crippen molar-refractivity contribution in [1.29, 1.82) is 0 Å². The zero-order valence-electron chi connectivity index (χ0n) is 57.3. The van der Waals surface area contributed by atoms with Gasteiger partial charge in [0.1, 0.15) is 38.9 Å². The number of furan rings is 2. The van der Waals surface area contributed by atoms with Gasteiger partial charge in [-0.3, -0.25) is 0 Å². The molecule has 0 unspecified atom stereocenters. The summed E-state index contributed by atoms with van der Waals surface area (Å²) < 4.78 is 42.5. The van der Waals surface area contributed by atoms with Crippen molar-refractivity contribution in [2.24, 2.45) is 0 Å². The molecule has 20 rings (SSSR count). The lowest BCUT2D eigenvalue weighted by atomic mass is 9.79. The average molecular weight is 1420 g/mol. The van der Waals surface area contributed by atoms with Gasteiger partial charge in [-0.25, -0.2) is 29.9 Å². The minimum absolute atomic E-state index is 0.0705. The van der Waals surface area contributed by atoms with Crippen molar-refractivity contribution in [3.63, 3.8) is 0 Å². The van der Waals surface area contributed by atoms with Gasteiger partial charge in [-0.2, -0.15) is 15.0 Å². The smallest absolute Gasteiger partial charge is 0.455 e. The van der Waals surface area contributed by atoms with Crippen molar-refractivity contribution in [2.75, 3.05) is 0 Å². The van der Waals surface area contributed by atoms with Gasteiger partial charge in [0.25, 0.3) is 0 Å². The Morgan fingerprint density at radius 3 is 0.906 bits per heavy atom. The third-order valence-corrected chi connectivity index (χ3v) is 19.6. The molecule has 19 heteroatoms. The molecule has 510 valence electrons. The van der Waals surface area contributed by atoms with E-state index in [1.54, 1.807) is 0 Å². The van der Waals surface area contributed by atoms with Crippen molar-refractivity contribution in [1.82, 2.24) is 44.9 Å². The highest BCUT2D eigenvalue weighted by molar-refractivity contribution is 6.62. The topological polar surface area (TPSA) is 200 Å². The van der Waals surface area contributed by atoms with E-state index < -0.39 is 0 Å². The standard InChI is InChI=1S/C47H27N5O3.C21H11Cl2N3O.C19H20BNO3/c1-4-13-39-35(8-1)36-10-7-9-34(42(36)53-39)28-16-18-29(19-17-28)43-50-44(30-20-24-32(25-21-30)46-48-37-11-2-5-14-40(37)54-46)52-45(51-43)31-22-26-33(27-23-31)47-49-38-12-3-6-15-41(38)55-47;22-20-24-19(25-21(23)26-20)13-10-8-12(9-11-13)14-5-3-6-16-15-4-1-2-7-17(15)27-18(14)16;1-18(2)19(3,4)24-20(23-18)14-11-9-13(10-12-14)17-21-15-7-5-6-8-16(15)22-17/h1-27H;1-11H;5-12H,1-4H3. The number of oxazole rings is 3. The second-order valence-corrected chi connectivity index (χ2v) is 27.2. The van der Waals surface area contributed by atoms with E-state index in [1.807, 2.05) is 224 Å². The van der Waals surface area contributed by atoms with Crippen LogP contribution in [0.4, 0.5) is 0 Å². The molecule has 8 heterocycles. The molecular formula is C87H58BCl2N9O7. The van der Waals surface area contributed by atoms with E-state index >= 15 is 0 Å². The highest BCUT2D eigenvalue weighted by Crippen LogP contribution is 2.41. The molecule has 106 heavy (non-hydrogen) atoms. The molecule has 7 aromatic heterocycles. The molecule has 0 radical (unpaired) electrons. The second kappa shape index (κ2) is 26.8. The highest BCUT2D eigenvalue weighted by atomic mass is 35.5. The number of aromatic nitrogens is 9. The number of rotatable bonds is 10. The molecular weight excluding hydrogens is 1360 g/mol. The van der Waals surface area contributed by atoms with Gasteiger partial charge in [0.15, 0.2) is 40.0 Å². The molecule has 1 aliphatic rings. The van der Waals surface area contributed by atoms with Gasteiger partial charge in [-0.15, -0.1) is 0 Å². The fourth-order valence-corrected chi connectivity index (χ4v) is 13.4. The van der Waals surface area contributed by atoms with Gasteiger partial charge in [-0.05, 0) is 152 Å². The van der Waals surface area contributed by atoms with Crippen molar-refractivity contribution in [3.05, 3.63) is 290 Å². The number of para-hydroxylation sites is 10. The van der Waals surface area contributed by atoms with Crippen LogP contribution in [0, 0.1) is 0 Å². The van der Waals surface area contributed by atoms with Crippen LogP contribution in [-0.2, 0) is 9.31 Å². The van der Waals surface area contributed by atoms with Crippen molar-refractivity contribution >= 4 is 113 Å². The largest absolute Gasteiger partial charge is 0.494 e. The monoisotopic (exact) mass is 1420 g/mol. The number of hydrogen-bond donors (Lipinski definition) is 0. The summed E-state index contributed by atoms with van der Waals surface area (Å²) in [5.74, 6) is 3.82. The number of nitrogens with zero attached hydrogens (tertiary/aromatic N) is 9. The maximum Gasteiger partial charge on any atom is 0.494 e. The summed E-state index contributed by atoms with van der Waals surface area (Å²) in [5, 5.41) is 4.55. The lowest BCUT2D eigenvalue weighted by Crippen LogP contribution is -2.41. The Morgan fingerprint density at radius 2 is 0.547 bits per heavy atom. The van der Waals surface area contributed by atoms with Gasteiger partial charge >= 0.3 is 7.12 Å². The van der Waals surface area contributed by atoms with Crippen molar-refractivity contribution in [2.45, 2.75) is 38.9 Å². The van der Waals surface area contributed by atoms with Crippen LogP contribution < -0.4 is 5.46 Å². The van der Waals surface area contributed by atoms with Crippen LogP contribution in [0.1, 0.15) is 27.7 Å². The van der Waals surface area contributed by atoms with Crippen LogP contribution in [-0.4, -0.2) is 63.2 Å². The minimum Gasteiger partial charge on any atom is -0.455 e. The molecule has 12 aromatic carbocycles. The van der Waals surface area contributed by atoms with E-state index in [4.69, 9.17) is 69.5 Å². The Balaban J connectivity index is 0.000000129. The average Bonchev–Trinajstić information content (AvgIpc) is 1.75. The second-order valence-electron chi connectivity index (χ2n) is 26.5. The maximum atomic E-state index is 6.33. The minimum atomic E-state index is -0.354. The Kier molecular flexibility index (Phi) is 16.5. The van der Waals surface area contributed by atoms with Crippen LogP contribution in [0.2, 0.25) is 10.6 Å². The zero-order chi connectivity index (χ0) is 71.6. The lowest BCUT2D eigenvalue weighted by molar-refractivity contribution is 0.00578. The van der Waals surface area contributed by atoms with Crippen molar-refractivity contribution < 1.29 is 31.4 Å². The van der Waals surface area contributed by atoms with E-state index in [1.165, 1.54) is 0 Å². The van der Waals surface area contributed by atoms with Gasteiger partial charge < -0.3 is 31.4 Å². The van der Waals surface area contributed by atoms with Crippen LogP contribution in [0.25, 0.3) is 179 Å². The molecule has 1 saturated heterocycles. The normalized spacial score (nSPS) is 13.2. The summed E-state index contributed by atoms with van der Waals surface area (Å²) in [6.45, 7) is 8.22. The number of fused-ring (bicyclic) bond motifs is 9. The number of benzene rings is 12. The van der Waals surface area contributed by atoms with Crippen LogP contribution in [0.5, 0.6) is 0 Å². The van der Waals surface area contributed by atoms with Gasteiger partial charge in [0.05, 0.1) is 11.2 Å². The molecule has 0 N–H and O–H groups in total. The van der Waals surface area contributed by atoms with Gasteiger partial charge in [0.2, 0.25) is 28.2 Å². The van der Waals surface area contributed by atoms with Crippen molar-refractivity contribution in [3.8, 4) is 102 Å². The molecule has 0 saturated carbocycles. The Morgan fingerprint density at radius 1 is 0.255 bits per heavy atom. The number of hydrogen-bond acceptors (Lipinski definition) is 16. The van der Waals surface area contributed by atoms with Crippen LogP contribution in [0.3, 0.4) is 0 Å². The molecule has 0 spiro atoms. The highest BCUT2D eigenvalue weighted by Gasteiger charge is 2.51. The summed E-state index contributed by atoms with van der Waals surface area (Å²) in [5.41, 5.74) is 18.7. The quantitative estimate of drug-likeness (QED) is 0.117. The SMILES string of the molecule is CC1(C)OB(c2ccc(-c3nc4ccccc4o3)cc2)OC1(C)C.Clc1nc(Cl)nc(-c2ccc(-c3cccc4c3oc3ccccc34)cc2)n1.c1ccc2oc(-c3ccc(-c4nc(-c5ccc(-c6nc7ccccc7o6)cc5)nc(-c5ccc(-c6cccc7c6oc6ccccc67)cc5)n4)cc3)nc2c1. The van der Waals surface area contributed by atoms with Gasteiger partial charge in [0, 0.05) is 71.6 Å². The first-order valence-corrected chi connectivity index (χ1v) is 35.1. The summed E-state index contributed by atoms with van der Waals surface area (Å²) in [6, 6.07) is 91.9. The third kappa shape index (κ3) is 12.6. The zero-order valence-corrected chi connectivity index (χ0v) is 58.8. The van der Waals surface area contributed by atoms with Gasteiger partial charge in [-0.1, -0.05) is 194 Å². The van der Waals surface area contributed by atoms with E-state index in [2.05, 4.69) is 112 Å². The Labute approximate surface area is 616 Å². The molecule has 1 fully saturated rings. The molecule has 0 amide bonds. The summed E-state index contributed by atoms with van der Waals surface area (Å²) in [4.78, 5) is 40.9. The molecule has 0 atom stereocenters. The lowest BCUT2D eigenvalue weighted by Gasteiger charge is -2.32. The molecule has 19 aromatic rings. The summed E-state index contributed by atoms with van der Waals surface area (Å²) >= 11 is 11.7. The molecule has 16 nitrogen and oxygen atoms in total. The maximum absolute atomic E-state index is 6.33.